The van der Waals surface area contributed by atoms with Crippen LogP contribution in [0, 0.1) is 17.0 Å². The fraction of sp³-hybridized carbons (Fsp3) is 0.250. The van der Waals surface area contributed by atoms with Crippen molar-refractivity contribution in [3.63, 3.8) is 0 Å². The maximum Gasteiger partial charge on any atom is 0.376 e. The van der Waals surface area contributed by atoms with Crippen LogP contribution >= 0.6 is 0 Å². The first-order chi connectivity index (χ1) is 27.4. The molecule has 3 aromatic heterocycles. The molecule has 0 amide bonds. The molecule has 0 saturated carbocycles. The van der Waals surface area contributed by atoms with Crippen molar-refractivity contribution in [3.05, 3.63) is 129 Å². The van der Waals surface area contributed by atoms with E-state index < -0.39 is 26.5 Å². The zero-order valence-corrected chi connectivity index (χ0v) is 32.0. The van der Waals surface area contributed by atoms with Crippen molar-refractivity contribution in [2.45, 2.75) is 30.8 Å². The lowest BCUT2D eigenvalue weighted by Crippen LogP contribution is -2.37. The number of piperidine rings is 1. The number of aryl methyl sites for hydroxylation is 2. The van der Waals surface area contributed by atoms with Gasteiger partial charge in [-0.3, -0.25) is 14.9 Å². The van der Waals surface area contributed by atoms with Crippen LogP contribution in [0.3, 0.4) is 0 Å². The Morgan fingerprint density at radius 1 is 0.947 bits per heavy atom. The predicted molar refractivity (Wildman–Crippen MR) is 210 cm³/mol. The molecule has 7 rings (SSSR count). The second kappa shape index (κ2) is 16.3. The van der Waals surface area contributed by atoms with Gasteiger partial charge in [-0.1, -0.05) is 23.8 Å². The molecule has 0 atom stereocenters. The fourth-order valence-electron chi connectivity index (χ4n) is 6.59. The van der Waals surface area contributed by atoms with E-state index in [1.165, 1.54) is 67.5 Å². The van der Waals surface area contributed by atoms with Crippen LogP contribution in [0.2, 0.25) is 0 Å². The van der Waals surface area contributed by atoms with E-state index in [4.69, 9.17) is 14.2 Å². The smallest absolute Gasteiger partial charge is 0.376 e. The number of carbonyl (C=O) groups is 1. The quantitative estimate of drug-likeness (QED) is 0.0583. The van der Waals surface area contributed by atoms with Crippen molar-refractivity contribution in [3.8, 4) is 28.4 Å². The van der Waals surface area contributed by atoms with Crippen LogP contribution in [0.1, 0.15) is 29.0 Å². The summed E-state index contributed by atoms with van der Waals surface area (Å²) >= 11 is 0. The van der Waals surface area contributed by atoms with Gasteiger partial charge in [0.05, 0.1) is 47.7 Å². The summed E-state index contributed by atoms with van der Waals surface area (Å²) in [7, 11) is -1.41. The van der Waals surface area contributed by atoms with Gasteiger partial charge in [0.1, 0.15) is 29.4 Å². The number of esters is 1. The molecule has 1 fully saturated rings. The zero-order valence-electron chi connectivity index (χ0n) is 31.2. The van der Waals surface area contributed by atoms with E-state index in [2.05, 4.69) is 19.6 Å². The van der Waals surface area contributed by atoms with E-state index in [-0.39, 0.29) is 51.3 Å². The van der Waals surface area contributed by atoms with Gasteiger partial charge >= 0.3 is 5.97 Å². The van der Waals surface area contributed by atoms with Crippen LogP contribution in [0.4, 0.5) is 11.4 Å². The Morgan fingerprint density at radius 3 is 2.37 bits per heavy atom. The van der Waals surface area contributed by atoms with Gasteiger partial charge in [-0.25, -0.2) is 27.2 Å². The van der Waals surface area contributed by atoms with Gasteiger partial charge in [0.2, 0.25) is 5.82 Å². The van der Waals surface area contributed by atoms with Gasteiger partial charge in [0.25, 0.3) is 21.3 Å². The molecule has 0 bridgehead atoms. The highest BCUT2D eigenvalue weighted by molar-refractivity contribution is 7.90. The number of nitrogens with zero attached hydrogens (tertiary/aromatic N) is 6. The number of rotatable bonds is 13. The van der Waals surface area contributed by atoms with Crippen LogP contribution in [0.25, 0.3) is 22.0 Å². The van der Waals surface area contributed by atoms with Crippen molar-refractivity contribution in [2.75, 3.05) is 38.3 Å². The van der Waals surface area contributed by atoms with Gasteiger partial charge in [0.15, 0.2) is 0 Å². The molecule has 0 radical (unpaired) electrons. The van der Waals surface area contributed by atoms with Crippen LogP contribution in [0.5, 0.6) is 17.2 Å². The molecule has 0 aliphatic carbocycles. The largest absolute Gasteiger partial charge is 0.491 e. The Balaban J connectivity index is 1.05. The van der Waals surface area contributed by atoms with Gasteiger partial charge in [-0.05, 0) is 56.2 Å². The molecular weight excluding hydrogens is 757 g/mol. The summed E-state index contributed by atoms with van der Waals surface area (Å²) in [4.78, 5) is 46.8. The number of methoxy groups -OCH3 is 1. The molecule has 294 valence electrons. The fourth-order valence-corrected chi connectivity index (χ4v) is 7.94. The summed E-state index contributed by atoms with van der Waals surface area (Å²) in [6.45, 7) is 3.93. The Bertz CT molecular complexity index is 2620. The van der Waals surface area contributed by atoms with Gasteiger partial charge in [-0.15, -0.1) is 0 Å². The Hall–Kier alpha value is -6.59. The first-order valence-corrected chi connectivity index (χ1v) is 19.4. The number of aromatic nitrogens is 4. The summed E-state index contributed by atoms with van der Waals surface area (Å²) in [6, 6.07) is 18.8. The first-order valence-electron chi connectivity index (χ1n) is 17.9. The second-order valence-corrected chi connectivity index (χ2v) is 15.1. The maximum absolute atomic E-state index is 13.7. The maximum atomic E-state index is 13.7. The van der Waals surface area contributed by atoms with Crippen LogP contribution in [-0.4, -0.2) is 77.3 Å². The second-order valence-electron chi connectivity index (χ2n) is 13.3. The highest BCUT2D eigenvalue weighted by atomic mass is 32.2. The third-order valence-electron chi connectivity index (χ3n) is 9.58. The summed E-state index contributed by atoms with van der Waals surface area (Å²) in [5, 5.41) is 12.2. The minimum absolute atomic E-state index is 0.00449. The molecule has 0 unspecified atom stereocenters. The molecule has 0 spiro atoms. The number of hydrogen-bond donors (Lipinski definition) is 0. The lowest BCUT2D eigenvalue weighted by Gasteiger charge is -2.33. The number of non-ortho nitro benzene ring substituents is 1. The average molecular weight is 795 g/mol. The highest BCUT2D eigenvalue weighted by Gasteiger charge is 2.25. The standard InChI is InChI=1S/C40H38N6O10S/c1-26-7-10-32(11-8-26)57(51,52)45-18-15-33-35(25-43(2)39(47)37(33)45)34-21-27(46(49)50)9-12-36(34)56-31-6-4-5-30(22-31)55-20-19-54-29-13-16-44(17-14-29)28-23-41-38(42-24-28)40(48)53-3/h4-12,15,18,21-25,29H,13-14,16-17,19-20H2,1-3H3. The molecule has 1 aliphatic rings. The van der Waals surface area contributed by atoms with E-state index in [0.29, 0.717) is 23.7 Å². The number of anilines is 1. The topological polar surface area (TPSA) is 187 Å². The van der Waals surface area contributed by atoms with E-state index >= 15 is 0 Å². The summed E-state index contributed by atoms with van der Waals surface area (Å²) in [5.74, 6) is 0.536. The number of pyridine rings is 1. The number of hydrogen-bond acceptors (Lipinski definition) is 13. The van der Waals surface area contributed by atoms with Crippen molar-refractivity contribution < 1.29 is 37.1 Å². The van der Waals surface area contributed by atoms with Crippen LogP contribution < -0.4 is 19.9 Å². The Morgan fingerprint density at radius 2 is 1.67 bits per heavy atom. The van der Waals surface area contributed by atoms with Crippen LogP contribution in [0.15, 0.2) is 107 Å². The molecule has 6 aromatic rings. The number of carbonyl (C=O) groups excluding carboxylic acids is 1. The third kappa shape index (κ3) is 8.20. The number of nitro benzene ring substituents is 1. The lowest BCUT2D eigenvalue weighted by atomic mass is 10.0. The number of fused-ring (bicyclic) bond motifs is 1. The third-order valence-corrected chi connectivity index (χ3v) is 11.3. The van der Waals surface area contributed by atoms with Crippen molar-refractivity contribution in [1.82, 2.24) is 18.5 Å². The van der Waals surface area contributed by atoms with Crippen LogP contribution in [-0.2, 0) is 26.5 Å². The zero-order chi connectivity index (χ0) is 40.3. The molecular formula is C40H38N6O10S. The first kappa shape index (κ1) is 38.7. The molecule has 1 aliphatic heterocycles. The summed E-state index contributed by atoms with van der Waals surface area (Å²) in [5.41, 5.74) is 1.40. The SMILES string of the molecule is COC(=O)c1ncc(N2CCC(OCCOc3cccc(Oc4ccc([N+](=O)[O-])cc4-c4cn(C)c(=O)c5c4ccn5S(=O)(=O)c4ccc(C)cc4)c3)CC2)cn1. The number of benzene rings is 3. The van der Waals surface area contributed by atoms with E-state index in [1.54, 1.807) is 48.8 Å². The summed E-state index contributed by atoms with van der Waals surface area (Å²) < 4.78 is 52.7. The highest BCUT2D eigenvalue weighted by Crippen LogP contribution is 2.40. The molecule has 4 heterocycles. The normalized spacial score (nSPS) is 13.4. The molecule has 1 saturated heterocycles. The summed E-state index contributed by atoms with van der Waals surface area (Å²) in [6.07, 6.45) is 7.64. The molecule has 17 heteroatoms. The minimum atomic E-state index is -4.17. The Labute approximate surface area is 327 Å². The van der Waals surface area contributed by atoms with E-state index in [9.17, 15) is 28.1 Å². The molecule has 57 heavy (non-hydrogen) atoms. The van der Waals surface area contributed by atoms with Gasteiger partial charge in [-0.2, -0.15) is 0 Å². The van der Waals surface area contributed by atoms with E-state index in [0.717, 1.165) is 41.2 Å². The lowest BCUT2D eigenvalue weighted by molar-refractivity contribution is -0.384. The Kier molecular flexibility index (Phi) is 11.0. The predicted octanol–water partition coefficient (Wildman–Crippen LogP) is 5.89. The number of ether oxygens (including phenoxy) is 4. The van der Waals surface area contributed by atoms with Gasteiger partial charge < -0.3 is 28.4 Å². The molecule has 0 N–H and O–H groups in total. The minimum Gasteiger partial charge on any atom is -0.491 e. The van der Waals surface area contributed by atoms with Crippen molar-refractivity contribution >= 4 is 38.3 Å². The monoisotopic (exact) mass is 794 g/mol. The van der Waals surface area contributed by atoms with Crippen molar-refractivity contribution in [1.29, 1.82) is 0 Å². The molecule has 16 nitrogen and oxygen atoms in total. The average Bonchev–Trinajstić information content (AvgIpc) is 3.68. The van der Waals surface area contributed by atoms with Crippen molar-refractivity contribution in [2.24, 2.45) is 7.05 Å². The number of nitro groups is 1. The van der Waals surface area contributed by atoms with E-state index in [1.807, 2.05) is 6.92 Å². The molecule has 3 aromatic carbocycles. The van der Waals surface area contributed by atoms with Gasteiger partial charge in [0, 0.05) is 67.2 Å².